The van der Waals surface area contributed by atoms with Gasteiger partial charge in [0.05, 0.1) is 12.2 Å². The summed E-state index contributed by atoms with van der Waals surface area (Å²) in [6.07, 6.45) is 8.02. The van der Waals surface area contributed by atoms with Gasteiger partial charge in [-0.1, -0.05) is 56.5 Å². The highest BCUT2D eigenvalue weighted by Crippen LogP contribution is 2.40. The highest BCUT2D eigenvalue weighted by atomic mass is 16.5. The number of fused-ring (bicyclic) bond motifs is 1. The number of nitrogens with zero attached hydrogens (tertiary/aromatic N) is 2. The number of imide groups is 1. The molecule has 172 valence electrons. The molecule has 3 aliphatic rings. The minimum Gasteiger partial charge on any atom is -0.494 e. The molecule has 0 saturated heterocycles. The lowest BCUT2D eigenvalue weighted by Crippen LogP contribution is -2.44. The van der Waals surface area contributed by atoms with Gasteiger partial charge < -0.3 is 9.64 Å². The van der Waals surface area contributed by atoms with Crippen LogP contribution in [0.15, 0.2) is 54.2 Å². The van der Waals surface area contributed by atoms with Crippen LogP contribution in [0.25, 0.3) is 5.57 Å². The summed E-state index contributed by atoms with van der Waals surface area (Å²) in [4.78, 5) is 31.4. The third-order valence-corrected chi connectivity index (χ3v) is 7.03. The minimum atomic E-state index is -0.146. The van der Waals surface area contributed by atoms with Gasteiger partial charge in [-0.25, -0.2) is 0 Å². The van der Waals surface area contributed by atoms with Crippen LogP contribution in [-0.2, 0) is 16.0 Å². The molecular formula is C28H32N2O3. The van der Waals surface area contributed by atoms with Crippen molar-refractivity contribution in [1.82, 2.24) is 4.90 Å². The highest BCUT2D eigenvalue weighted by molar-refractivity contribution is 6.37. The molecule has 2 heterocycles. The molecule has 2 aliphatic heterocycles. The van der Waals surface area contributed by atoms with Crippen molar-refractivity contribution in [3.8, 4) is 5.75 Å². The van der Waals surface area contributed by atoms with Crippen molar-refractivity contribution in [2.75, 3.05) is 18.1 Å². The van der Waals surface area contributed by atoms with Crippen molar-refractivity contribution < 1.29 is 14.3 Å². The number of amides is 2. The fourth-order valence-electron chi connectivity index (χ4n) is 5.42. The molecule has 2 aromatic rings. The quantitative estimate of drug-likeness (QED) is 0.564. The molecule has 2 amide bonds. The van der Waals surface area contributed by atoms with E-state index in [0.717, 1.165) is 68.5 Å². The van der Waals surface area contributed by atoms with E-state index in [0.29, 0.717) is 17.9 Å². The summed E-state index contributed by atoms with van der Waals surface area (Å²) < 4.78 is 5.74. The number of carbonyl (C=O) groups is 2. The predicted octanol–water partition coefficient (Wildman–Crippen LogP) is 5.34. The van der Waals surface area contributed by atoms with Crippen molar-refractivity contribution in [3.63, 3.8) is 0 Å². The second-order valence-corrected chi connectivity index (χ2v) is 9.25. The van der Waals surface area contributed by atoms with E-state index in [9.17, 15) is 9.59 Å². The first kappa shape index (κ1) is 21.7. The van der Waals surface area contributed by atoms with Gasteiger partial charge in [0.25, 0.3) is 11.8 Å². The Bertz CT molecular complexity index is 1070. The Balaban J connectivity index is 1.58. The van der Waals surface area contributed by atoms with Crippen LogP contribution in [0.2, 0.25) is 0 Å². The molecule has 0 aromatic heterocycles. The third-order valence-electron chi connectivity index (χ3n) is 7.03. The van der Waals surface area contributed by atoms with Crippen LogP contribution >= 0.6 is 0 Å². The van der Waals surface area contributed by atoms with Gasteiger partial charge in [-0.05, 0) is 61.4 Å². The number of carbonyl (C=O) groups excluding carboxylic acids is 2. The van der Waals surface area contributed by atoms with Crippen LogP contribution in [0.4, 0.5) is 5.69 Å². The lowest BCUT2D eigenvalue weighted by atomic mass is 9.94. The molecule has 0 unspecified atom stereocenters. The average Bonchev–Trinajstić information content (AvgIpc) is 3.12. The number of benzene rings is 2. The molecule has 2 aromatic carbocycles. The number of rotatable bonds is 6. The van der Waals surface area contributed by atoms with Crippen LogP contribution in [0.5, 0.6) is 5.75 Å². The van der Waals surface area contributed by atoms with Crippen molar-refractivity contribution in [3.05, 3.63) is 65.4 Å². The molecule has 5 rings (SSSR count). The fraction of sp³-hybridized carbons (Fsp3) is 0.429. The molecule has 1 saturated carbocycles. The molecule has 33 heavy (non-hydrogen) atoms. The second-order valence-electron chi connectivity index (χ2n) is 9.25. The van der Waals surface area contributed by atoms with Crippen LogP contribution in [-0.4, -0.2) is 35.9 Å². The van der Waals surface area contributed by atoms with Gasteiger partial charge >= 0.3 is 0 Å². The van der Waals surface area contributed by atoms with Crippen molar-refractivity contribution >= 4 is 23.1 Å². The summed E-state index contributed by atoms with van der Waals surface area (Å²) in [5, 5.41) is 0. The van der Waals surface area contributed by atoms with Gasteiger partial charge in [0.2, 0.25) is 0 Å². The number of para-hydroxylation sites is 1. The predicted molar refractivity (Wildman–Crippen MR) is 130 cm³/mol. The van der Waals surface area contributed by atoms with Crippen LogP contribution < -0.4 is 9.64 Å². The summed E-state index contributed by atoms with van der Waals surface area (Å²) >= 11 is 0. The summed E-state index contributed by atoms with van der Waals surface area (Å²) in [6.45, 7) is 3.47. The van der Waals surface area contributed by atoms with Gasteiger partial charge in [0.15, 0.2) is 0 Å². The molecule has 0 radical (unpaired) electrons. The van der Waals surface area contributed by atoms with E-state index >= 15 is 0 Å². The first-order valence-corrected chi connectivity index (χ1v) is 12.4. The lowest BCUT2D eigenvalue weighted by molar-refractivity contribution is -0.140. The molecule has 0 spiro atoms. The fourth-order valence-corrected chi connectivity index (χ4v) is 5.42. The average molecular weight is 445 g/mol. The van der Waals surface area contributed by atoms with E-state index in [1.54, 1.807) is 4.90 Å². The number of aryl methyl sites for hydroxylation is 1. The van der Waals surface area contributed by atoms with Gasteiger partial charge in [-0.15, -0.1) is 0 Å². The zero-order valence-corrected chi connectivity index (χ0v) is 19.4. The van der Waals surface area contributed by atoms with Crippen LogP contribution in [0.3, 0.4) is 0 Å². The summed E-state index contributed by atoms with van der Waals surface area (Å²) in [5.41, 5.74) is 4.14. The first-order valence-electron chi connectivity index (χ1n) is 12.4. The van der Waals surface area contributed by atoms with Gasteiger partial charge in [0, 0.05) is 18.3 Å². The second kappa shape index (κ2) is 9.42. The van der Waals surface area contributed by atoms with Gasteiger partial charge in [-0.2, -0.15) is 0 Å². The third kappa shape index (κ3) is 4.05. The molecule has 1 aliphatic carbocycles. The topological polar surface area (TPSA) is 49.9 Å². The van der Waals surface area contributed by atoms with E-state index in [-0.39, 0.29) is 17.9 Å². The zero-order chi connectivity index (χ0) is 22.8. The van der Waals surface area contributed by atoms with Gasteiger partial charge in [-0.3, -0.25) is 14.5 Å². The summed E-state index contributed by atoms with van der Waals surface area (Å²) in [5.74, 6) is 0.504. The molecule has 0 bridgehead atoms. The van der Waals surface area contributed by atoms with Crippen molar-refractivity contribution in [1.29, 1.82) is 0 Å². The number of hydrogen-bond acceptors (Lipinski definition) is 4. The molecule has 0 N–H and O–H groups in total. The maximum absolute atomic E-state index is 13.9. The Morgan fingerprint density at radius 3 is 2.42 bits per heavy atom. The number of ether oxygens (including phenoxy) is 1. The largest absolute Gasteiger partial charge is 0.494 e. The SMILES string of the molecule is CCCOc1ccc(C2=C(N3CCCc4ccccc43)C(=O)N(C3CCCCC3)C2=O)cc1. The van der Waals surface area contributed by atoms with Crippen LogP contribution in [0.1, 0.15) is 63.0 Å². The maximum Gasteiger partial charge on any atom is 0.278 e. The Morgan fingerprint density at radius 1 is 0.909 bits per heavy atom. The molecule has 5 nitrogen and oxygen atoms in total. The van der Waals surface area contributed by atoms with E-state index in [2.05, 4.69) is 24.0 Å². The van der Waals surface area contributed by atoms with Gasteiger partial charge in [0.1, 0.15) is 11.4 Å². The Labute approximate surface area is 196 Å². The van der Waals surface area contributed by atoms with E-state index < -0.39 is 0 Å². The summed E-state index contributed by atoms with van der Waals surface area (Å²) in [6, 6.07) is 15.9. The van der Waals surface area contributed by atoms with E-state index in [1.807, 2.05) is 36.4 Å². The molecule has 1 fully saturated rings. The zero-order valence-electron chi connectivity index (χ0n) is 19.4. The summed E-state index contributed by atoms with van der Waals surface area (Å²) in [7, 11) is 0. The first-order chi connectivity index (χ1) is 16.2. The van der Waals surface area contributed by atoms with Crippen LogP contribution in [0, 0.1) is 0 Å². The molecule has 0 atom stereocenters. The smallest absolute Gasteiger partial charge is 0.278 e. The number of hydrogen-bond donors (Lipinski definition) is 0. The highest BCUT2D eigenvalue weighted by Gasteiger charge is 2.45. The Hall–Kier alpha value is -3.08. The maximum atomic E-state index is 13.9. The molecule has 5 heteroatoms. The lowest BCUT2D eigenvalue weighted by Gasteiger charge is -2.33. The van der Waals surface area contributed by atoms with E-state index in [1.165, 1.54) is 12.0 Å². The molecular weight excluding hydrogens is 412 g/mol. The normalized spacial score (nSPS) is 19.3. The minimum absolute atomic E-state index is 0.00144. The monoisotopic (exact) mass is 444 g/mol. The Kier molecular flexibility index (Phi) is 6.21. The number of anilines is 1. The Morgan fingerprint density at radius 2 is 1.67 bits per heavy atom. The standard InChI is InChI=1S/C28H32N2O3/c1-2-19-33-23-16-14-21(15-17-23)25-26(29-18-8-10-20-9-6-7-13-24(20)29)28(32)30(27(25)31)22-11-4-3-5-12-22/h6-7,9,13-17,22H,2-5,8,10-12,18-19H2,1H3. The van der Waals surface area contributed by atoms with Crippen molar-refractivity contribution in [2.45, 2.75) is 64.3 Å². The van der Waals surface area contributed by atoms with E-state index in [4.69, 9.17) is 4.74 Å². The van der Waals surface area contributed by atoms with Crippen molar-refractivity contribution in [2.24, 2.45) is 0 Å².